The molecule has 1 aliphatic rings. The zero-order chi connectivity index (χ0) is 18.7. The van der Waals surface area contributed by atoms with E-state index in [2.05, 4.69) is 10.3 Å². The first-order valence-electron chi connectivity index (χ1n) is 8.45. The van der Waals surface area contributed by atoms with Crippen molar-refractivity contribution in [3.05, 3.63) is 53.2 Å². The van der Waals surface area contributed by atoms with E-state index in [0.717, 1.165) is 12.0 Å². The van der Waals surface area contributed by atoms with Gasteiger partial charge in [-0.2, -0.15) is 0 Å². The summed E-state index contributed by atoms with van der Waals surface area (Å²) in [5, 5.41) is 3.31. The molecule has 0 bridgehead atoms. The molecule has 1 aromatic heterocycles. The van der Waals surface area contributed by atoms with Gasteiger partial charge in [0.05, 0.1) is 0 Å². The molecule has 1 atom stereocenters. The van der Waals surface area contributed by atoms with Gasteiger partial charge in [0.25, 0.3) is 17.4 Å². The number of carbonyl (C=O) groups is 2. The maximum Gasteiger partial charge on any atom is 0.282 e. The van der Waals surface area contributed by atoms with Gasteiger partial charge >= 0.3 is 0 Å². The van der Waals surface area contributed by atoms with Crippen molar-refractivity contribution in [2.75, 3.05) is 11.4 Å². The second-order valence-corrected chi connectivity index (χ2v) is 6.60. The number of anilines is 1. The molecule has 1 unspecified atom stereocenters. The number of aromatic nitrogens is 1. The summed E-state index contributed by atoms with van der Waals surface area (Å²) >= 11 is 6.12. The highest BCUT2D eigenvalue weighted by atomic mass is 35.5. The zero-order valence-electron chi connectivity index (χ0n) is 14.7. The lowest BCUT2D eigenvalue weighted by atomic mass is 10.0. The highest BCUT2D eigenvalue weighted by Crippen LogP contribution is 2.36. The molecule has 0 aliphatic carbocycles. The number of hydrogen-bond acceptors (Lipinski definition) is 4. The summed E-state index contributed by atoms with van der Waals surface area (Å²) in [6.07, 6.45) is 2.33. The van der Waals surface area contributed by atoms with E-state index in [4.69, 9.17) is 16.3 Å². The summed E-state index contributed by atoms with van der Waals surface area (Å²) in [4.78, 5) is 31.6. The van der Waals surface area contributed by atoms with E-state index in [0.29, 0.717) is 23.1 Å². The lowest BCUT2D eigenvalue weighted by molar-refractivity contribution is -0.148. The van der Waals surface area contributed by atoms with Gasteiger partial charge in [0, 0.05) is 24.3 Å². The third-order valence-electron chi connectivity index (χ3n) is 4.25. The number of hydrogen-bond donors (Lipinski definition) is 1. The van der Waals surface area contributed by atoms with Crippen LogP contribution < -0.4 is 15.0 Å². The average Bonchev–Trinajstić information content (AvgIpc) is 2.64. The van der Waals surface area contributed by atoms with Crippen LogP contribution in [-0.4, -0.2) is 28.9 Å². The Kier molecular flexibility index (Phi) is 5.13. The topological polar surface area (TPSA) is 71.5 Å². The summed E-state index contributed by atoms with van der Waals surface area (Å²) in [6, 6.07) is 10.6. The first kappa shape index (κ1) is 18.2. The summed E-state index contributed by atoms with van der Waals surface area (Å²) < 4.78 is 5.79. The van der Waals surface area contributed by atoms with Crippen molar-refractivity contribution in [2.24, 2.45) is 0 Å². The van der Waals surface area contributed by atoms with Crippen LogP contribution in [0.15, 0.2) is 42.6 Å². The van der Waals surface area contributed by atoms with E-state index in [1.165, 1.54) is 11.8 Å². The smallest absolute Gasteiger partial charge is 0.282 e. The van der Waals surface area contributed by atoms with Gasteiger partial charge in [-0.25, -0.2) is 4.98 Å². The SMILES string of the molecule is CCCN1C(=O)C(C)(C(=O)NCc2ccccc2Cl)Oc2cccnc21. The van der Waals surface area contributed by atoms with Crippen LogP contribution in [0, 0.1) is 0 Å². The van der Waals surface area contributed by atoms with Gasteiger partial charge in [-0.3, -0.25) is 14.5 Å². The Morgan fingerprint density at radius 2 is 2.08 bits per heavy atom. The van der Waals surface area contributed by atoms with Crippen LogP contribution in [0.4, 0.5) is 5.82 Å². The number of fused-ring (bicyclic) bond motifs is 1. The molecule has 0 saturated heterocycles. The van der Waals surface area contributed by atoms with Crippen molar-refractivity contribution >= 4 is 29.2 Å². The number of benzene rings is 1. The van der Waals surface area contributed by atoms with Crippen LogP contribution in [-0.2, 0) is 16.1 Å². The van der Waals surface area contributed by atoms with Gasteiger partial charge in [0.1, 0.15) is 0 Å². The molecule has 0 spiro atoms. The van der Waals surface area contributed by atoms with E-state index in [1.807, 2.05) is 25.1 Å². The largest absolute Gasteiger partial charge is 0.464 e. The molecule has 1 aromatic carbocycles. The molecule has 6 nitrogen and oxygen atoms in total. The number of ether oxygens (including phenoxy) is 1. The van der Waals surface area contributed by atoms with E-state index in [1.54, 1.807) is 24.4 Å². The van der Waals surface area contributed by atoms with Crippen LogP contribution in [0.1, 0.15) is 25.8 Å². The number of halogens is 1. The Hall–Kier alpha value is -2.60. The highest BCUT2D eigenvalue weighted by molar-refractivity contribution is 6.31. The molecular formula is C19H20ClN3O3. The Morgan fingerprint density at radius 3 is 2.81 bits per heavy atom. The van der Waals surface area contributed by atoms with E-state index in [9.17, 15) is 9.59 Å². The van der Waals surface area contributed by atoms with Crippen molar-refractivity contribution < 1.29 is 14.3 Å². The van der Waals surface area contributed by atoms with Gasteiger partial charge < -0.3 is 10.1 Å². The van der Waals surface area contributed by atoms with E-state index < -0.39 is 17.4 Å². The predicted molar refractivity (Wildman–Crippen MR) is 99.2 cm³/mol. The molecule has 2 amide bonds. The fourth-order valence-corrected chi connectivity index (χ4v) is 3.04. The lowest BCUT2D eigenvalue weighted by Crippen LogP contribution is -2.62. The number of pyridine rings is 1. The number of rotatable bonds is 5. The summed E-state index contributed by atoms with van der Waals surface area (Å²) in [5.74, 6) is -0.0908. The minimum Gasteiger partial charge on any atom is -0.464 e. The number of nitrogens with one attached hydrogen (secondary N) is 1. The van der Waals surface area contributed by atoms with Gasteiger partial charge in [-0.1, -0.05) is 36.7 Å². The molecule has 3 rings (SSSR count). The monoisotopic (exact) mass is 373 g/mol. The molecule has 0 radical (unpaired) electrons. The Bertz CT molecular complexity index is 842. The molecule has 136 valence electrons. The van der Waals surface area contributed by atoms with Crippen LogP contribution in [0.25, 0.3) is 0 Å². The van der Waals surface area contributed by atoms with Crippen molar-refractivity contribution in [3.63, 3.8) is 0 Å². The lowest BCUT2D eigenvalue weighted by Gasteiger charge is -2.38. The molecule has 7 heteroatoms. The van der Waals surface area contributed by atoms with Crippen molar-refractivity contribution in [1.29, 1.82) is 0 Å². The summed E-state index contributed by atoms with van der Waals surface area (Å²) in [7, 11) is 0. The van der Waals surface area contributed by atoms with Crippen molar-refractivity contribution in [1.82, 2.24) is 10.3 Å². The fraction of sp³-hybridized carbons (Fsp3) is 0.316. The number of nitrogens with zero attached hydrogens (tertiary/aromatic N) is 2. The van der Waals surface area contributed by atoms with E-state index >= 15 is 0 Å². The molecule has 2 heterocycles. The fourth-order valence-electron chi connectivity index (χ4n) is 2.84. The van der Waals surface area contributed by atoms with Crippen molar-refractivity contribution in [2.45, 2.75) is 32.4 Å². The van der Waals surface area contributed by atoms with Gasteiger partial charge in [-0.15, -0.1) is 0 Å². The molecular weight excluding hydrogens is 354 g/mol. The average molecular weight is 374 g/mol. The quantitative estimate of drug-likeness (QED) is 0.818. The first-order valence-corrected chi connectivity index (χ1v) is 8.83. The molecule has 1 N–H and O–H groups in total. The second kappa shape index (κ2) is 7.33. The second-order valence-electron chi connectivity index (χ2n) is 6.19. The van der Waals surface area contributed by atoms with Gasteiger partial charge in [0.15, 0.2) is 11.6 Å². The maximum atomic E-state index is 13.0. The predicted octanol–water partition coefficient (Wildman–Crippen LogP) is 2.95. The van der Waals surface area contributed by atoms with Crippen LogP contribution in [0.5, 0.6) is 5.75 Å². The molecule has 0 fully saturated rings. The molecule has 1 aliphatic heterocycles. The summed E-state index contributed by atoms with van der Waals surface area (Å²) in [6.45, 7) is 4.11. The van der Waals surface area contributed by atoms with Gasteiger partial charge in [-0.05, 0) is 37.1 Å². The maximum absolute atomic E-state index is 13.0. The molecule has 2 aromatic rings. The van der Waals surface area contributed by atoms with Crippen LogP contribution in [0.3, 0.4) is 0 Å². The zero-order valence-corrected chi connectivity index (χ0v) is 15.4. The number of carbonyl (C=O) groups excluding carboxylic acids is 2. The minimum absolute atomic E-state index is 0.207. The molecule has 26 heavy (non-hydrogen) atoms. The highest BCUT2D eigenvalue weighted by Gasteiger charge is 2.50. The van der Waals surface area contributed by atoms with Gasteiger partial charge in [0.2, 0.25) is 0 Å². The number of amides is 2. The Morgan fingerprint density at radius 1 is 1.31 bits per heavy atom. The Balaban J connectivity index is 1.85. The standard InChI is InChI=1S/C19H20ClN3O3/c1-3-11-23-16-15(9-6-10-21-16)26-19(2,18(23)25)17(24)22-12-13-7-4-5-8-14(13)20/h4-10H,3,11-12H2,1-2H3,(H,22,24). The minimum atomic E-state index is -1.66. The van der Waals surface area contributed by atoms with Crippen molar-refractivity contribution in [3.8, 4) is 5.75 Å². The van der Waals surface area contributed by atoms with Crippen LogP contribution >= 0.6 is 11.6 Å². The summed E-state index contributed by atoms with van der Waals surface area (Å²) in [5.41, 5.74) is -0.895. The van der Waals surface area contributed by atoms with Crippen LogP contribution in [0.2, 0.25) is 5.02 Å². The van der Waals surface area contributed by atoms with E-state index in [-0.39, 0.29) is 6.54 Å². The normalized spacial score (nSPS) is 18.9. The molecule has 0 saturated carbocycles. The first-order chi connectivity index (χ1) is 12.5. The third-order valence-corrected chi connectivity index (χ3v) is 4.62. The third kappa shape index (κ3) is 3.24. The Labute approximate surface area is 157 Å².